The molecule has 29 heavy (non-hydrogen) atoms. The standard InChI is InChI=1S/C22H20N4O3/c1-13-4-5-19(24-12-13)16-9-17(11-18(10-16)22-23-6-7-28-22)20(27)8-14(2)21-25-15(3)26-29-21/h4-7,9-12,14H,8H2,1-3H3/t14-/m0/s1. The van der Waals surface area contributed by atoms with E-state index in [4.69, 9.17) is 8.94 Å². The van der Waals surface area contributed by atoms with Gasteiger partial charge in [-0.1, -0.05) is 18.1 Å². The van der Waals surface area contributed by atoms with Gasteiger partial charge in [0.15, 0.2) is 11.6 Å². The molecule has 146 valence electrons. The molecule has 0 aliphatic carbocycles. The molecule has 3 heterocycles. The summed E-state index contributed by atoms with van der Waals surface area (Å²) in [5.74, 6) is 1.25. The highest BCUT2D eigenvalue weighted by Gasteiger charge is 2.20. The van der Waals surface area contributed by atoms with E-state index in [1.165, 1.54) is 6.26 Å². The lowest BCUT2D eigenvalue weighted by atomic mass is 9.95. The van der Waals surface area contributed by atoms with Gasteiger partial charge in [0.25, 0.3) is 0 Å². The maximum Gasteiger partial charge on any atom is 0.229 e. The number of aromatic nitrogens is 4. The molecule has 3 aromatic heterocycles. The summed E-state index contributed by atoms with van der Waals surface area (Å²) in [7, 11) is 0. The third kappa shape index (κ3) is 4.13. The van der Waals surface area contributed by atoms with Gasteiger partial charge in [-0.05, 0) is 43.7 Å². The second-order valence-corrected chi connectivity index (χ2v) is 7.07. The van der Waals surface area contributed by atoms with Crippen molar-refractivity contribution in [1.82, 2.24) is 20.1 Å². The number of carbonyl (C=O) groups is 1. The van der Waals surface area contributed by atoms with Crippen molar-refractivity contribution in [2.24, 2.45) is 0 Å². The van der Waals surface area contributed by atoms with Gasteiger partial charge in [-0.15, -0.1) is 0 Å². The molecule has 0 radical (unpaired) electrons. The zero-order valence-corrected chi connectivity index (χ0v) is 16.4. The van der Waals surface area contributed by atoms with Crippen LogP contribution in [0.1, 0.15) is 46.9 Å². The highest BCUT2D eigenvalue weighted by atomic mass is 16.5. The quantitative estimate of drug-likeness (QED) is 0.439. The van der Waals surface area contributed by atoms with Crippen molar-refractivity contribution in [3.63, 3.8) is 0 Å². The largest absolute Gasteiger partial charge is 0.445 e. The Morgan fingerprint density at radius 3 is 2.59 bits per heavy atom. The molecule has 7 heteroatoms. The van der Waals surface area contributed by atoms with Crippen molar-refractivity contribution in [2.75, 3.05) is 0 Å². The predicted molar refractivity (Wildman–Crippen MR) is 106 cm³/mol. The van der Waals surface area contributed by atoms with Crippen LogP contribution in [0.5, 0.6) is 0 Å². The van der Waals surface area contributed by atoms with Crippen LogP contribution in [-0.2, 0) is 0 Å². The topological polar surface area (TPSA) is 94.9 Å². The number of aryl methyl sites for hydroxylation is 2. The molecule has 0 N–H and O–H groups in total. The van der Waals surface area contributed by atoms with Gasteiger partial charge in [-0.3, -0.25) is 9.78 Å². The first kappa shape index (κ1) is 18.7. The molecule has 0 unspecified atom stereocenters. The summed E-state index contributed by atoms with van der Waals surface area (Å²) >= 11 is 0. The molecule has 0 amide bonds. The average Bonchev–Trinajstić information content (AvgIpc) is 3.40. The van der Waals surface area contributed by atoms with Gasteiger partial charge in [0.1, 0.15) is 6.26 Å². The molecule has 0 aliphatic heterocycles. The first-order chi connectivity index (χ1) is 14.0. The Morgan fingerprint density at radius 1 is 1.10 bits per heavy atom. The van der Waals surface area contributed by atoms with E-state index in [0.29, 0.717) is 23.2 Å². The van der Waals surface area contributed by atoms with Crippen LogP contribution in [0.4, 0.5) is 0 Å². The molecule has 7 nitrogen and oxygen atoms in total. The average molecular weight is 388 g/mol. The normalized spacial score (nSPS) is 12.1. The van der Waals surface area contributed by atoms with Gasteiger partial charge >= 0.3 is 0 Å². The van der Waals surface area contributed by atoms with E-state index in [0.717, 1.165) is 22.4 Å². The van der Waals surface area contributed by atoms with Gasteiger partial charge in [0.05, 0.1) is 11.9 Å². The number of carbonyl (C=O) groups excluding carboxylic acids is 1. The number of Topliss-reactive ketones (excluding diaryl/α,β-unsaturated/α-hetero) is 1. The van der Waals surface area contributed by atoms with E-state index in [1.54, 1.807) is 25.4 Å². The number of pyridine rings is 1. The Balaban J connectivity index is 1.69. The first-order valence-electron chi connectivity index (χ1n) is 9.31. The molecule has 0 fully saturated rings. The van der Waals surface area contributed by atoms with Gasteiger partial charge < -0.3 is 8.94 Å². The Labute approximate surface area is 167 Å². The molecule has 4 aromatic rings. The van der Waals surface area contributed by atoms with Crippen molar-refractivity contribution in [3.05, 3.63) is 71.8 Å². The van der Waals surface area contributed by atoms with E-state index >= 15 is 0 Å². The summed E-state index contributed by atoms with van der Waals surface area (Å²) in [6.07, 6.45) is 5.13. The summed E-state index contributed by atoms with van der Waals surface area (Å²) < 4.78 is 10.6. The second kappa shape index (κ2) is 7.79. The van der Waals surface area contributed by atoms with E-state index in [9.17, 15) is 4.79 Å². The highest BCUT2D eigenvalue weighted by Crippen LogP contribution is 2.29. The van der Waals surface area contributed by atoms with Crippen molar-refractivity contribution in [2.45, 2.75) is 33.1 Å². The first-order valence-corrected chi connectivity index (χ1v) is 9.31. The summed E-state index contributed by atoms with van der Waals surface area (Å²) in [5, 5.41) is 3.80. The fraction of sp³-hybridized carbons (Fsp3) is 0.227. The zero-order chi connectivity index (χ0) is 20.4. The van der Waals surface area contributed by atoms with Crippen LogP contribution in [0.3, 0.4) is 0 Å². The molecular weight excluding hydrogens is 368 g/mol. The molecule has 0 saturated carbocycles. The minimum absolute atomic E-state index is 0.0323. The Bertz CT molecular complexity index is 1130. The molecule has 0 aliphatic rings. The third-order valence-electron chi connectivity index (χ3n) is 4.60. The van der Waals surface area contributed by atoms with Gasteiger partial charge in [-0.2, -0.15) is 4.98 Å². The van der Waals surface area contributed by atoms with Crippen molar-refractivity contribution in [3.8, 4) is 22.7 Å². The predicted octanol–water partition coefficient (Wildman–Crippen LogP) is 4.78. The number of oxazole rings is 1. The minimum Gasteiger partial charge on any atom is -0.445 e. The lowest BCUT2D eigenvalue weighted by Gasteiger charge is -2.10. The van der Waals surface area contributed by atoms with Crippen LogP contribution < -0.4 is 0 Å². The van der Waals surface area contributed by atoms with E-state index in [1.807, 2.05) is 38.1 Å². The number of hydrogen-bond donors (Lipinski definition) is 0. The van der Waals surface area contributed by atoms with Gasteiger partial charge in [0.2, 0.25) is 11.8 Å². The Hall–Kier alpha value is -3.61. The monoisotopic (exact) mass is 388 g/mol. The maximum absolute atomic E-state index is 13.0. The maximum atomic E-state index is 13.0. The molecule has 4 rings (SSSR count). The van der Waals surface area contributed by atoms with Crippen molar-refractivity contribution in [1.29, 1.82) is 0 Å². The van der Waals surface area contributed by atoms with Crippen LogP contribution in [0.2, 0.25) is 0 Å². The lowest BCUT2D eigenvalue weighted by Crippen LogP contribution is -2.06. The SMILES string of the molecule is Cc1ccc(-c2cc(C(=O)C[C@H](C)c3nc(C)no3)cc(-c3ncco3)c2)nc1. The summed E-state index contributed by atoms with van der Waals surface area (Å²) in [5.41, 5.74) is 3.95. The van der Waals surface area contributed by atoms with E-state index in [2.05, 4.69) is 20.1 Å². The van der Waals surface area contributed by atoms with Crippen LogP contribution in [0, 0.1) is 13.8 Å². The number of nitrogens with zero attached hydrogens (tertiary/aromatic N) is 4. The van der Waals surface area contributed by atoms with Crippen molar-refractivity contribution >= 4 is 5.78 Å². The molecule has 0 bridgehead atoms. The molecular formula is C22H20N4O3. The number of ketones is 1. The van der Waals surface area contributed by atoms with E-state index in [-0.39, 0.29) is 18.1 Å². The van der Waals surface area contributed by atoms with Crippen molar-refractivity contribution < 1.29 is 13.7 Å². The number of benzene rings is 1. The Morgan fingerprint density at radius 2 is 1.93 bits per heavy atom. The summed E-state index contributed by atoms with van der Waals surface area (Å²) in [4.78, 5) is 26.0. The summed E-state index contributed by atoms with van der Waals surface area (Å²) in [6.45, 7) is 5.63. The Kier molecular flexibility index (Phi) is 5.03. The third-order valence-corrected chi connectivity index (χ3v) is 4.60. The number of hydrogen-bond acceptors (Lipinski definition) is 7. The zero-order valence-electron chi connectivity index (χ0n) is 16.4. The minimum atomic E-state index is -0.185. The smallest absolute Gasteiger partial charge is 0.229 e. The summed E-state index contributed by atoms with van der Waals surface area (Å²) in [6, 6.07) is 9.48. The molecule has 1 aromatic carbocycles. The molecule has 0 spiro atoms. The van der Waals surface area contributed by atoms with Gasteiger partial charge in [-0.25, -0.2) is 4.98 Å². The van der Waals surface area contributed by atoms with E-state index < -0.39 is 0 Å². The van der Waals surface area contributed by atoms with Crippen LogP contribution >= 0.6 is 0 Å². The lowest BCUT2D eigenvalue weighted by molar-refractivity contribution is 0.0971. The number of rotatable bonds is 6. The fourth-order valence-electron chi connectivity index (χ4n) is 3.06. The molecule has 1 atom stereocenters. The van der Waals surface area contributed by atoms with Crippen LogP contribution in [0.25, 0.3) is 22.7 Å². The fourth-order valence-corrected chi connectivity index (χ4v) is 3.06. The van der Waals surface area contributed by atoms with Crippen LogP contribution in [0.15, 0.2) is 57.9 Å². The molecule has 0 saturated heterocycles. The second-order valence-electron chi connectivity index (χ2n) is 7.07. The van der Waals surface area contributed by atoms with Crippen LogP contribution in [-0.4, -0.2) is 25.9 Å². The highest BCUT2D eigenvalue weighted by molar-refractivity contribution is 5.98. The van der Waals surface area contributed by atoms with Gasteiger partial charge in [0, 0.05) is 35.2 Å².